The average Bonchev–Trinajstić information content (AvgIpc) is 3.07. The molecule has 2 aliphatic heterocycles. The minimum absolute atomic E-state index is 0.0878. The number of ether oxygens (including phenoxy) is 1. The van der Waals surface area contributed by atoms with Crippen LogP contribution in [0.25, 0.3) is 0 Å². The van der Waals surface area contributed by atoms with E-state index in [1.165, 1.54) is 12.1 Å². The number of rotatable bonds is 6. The summed E-state index contributed by atoms with van der Waals surface area (Å²) in [5, 5.41) is 12.2. The highest BCUT2D eigenvalue weighted by Crippen LogP contribution is 2.46. The summed E-state index contributed by atoms with van der Waals surface area (Å²) < 4.78 is 19.2. The number of aliphatic hydroxyl groups is 1. The molecular weight excluding hydrogens is 467 g/mol. The first-order valence-electron chi connectivity index (χ1n) is 12.5. The summed E-state index contributed by atoms with van der Waals surface area (Å²) in [7, 11) is 0. The minimum atomic E-state index is -0.937. The Hall–Kier alpha value is -1.99. The molecule has 0 aliphatic carbocycles. The molecule has 2 fully saturated rings. The maximum absolute atomic E-state index is 13.2. The van der Waals surface area contributed by atoms with Crippen LogP contribution >= 0.6 is 11.6 Å². The van der Waals surface area contributed by atoms with E-state index in [1.54, 1.807) is 12.1 Å². The average molecular weight is 503 g/mol. The Bertz CT molecular complexity index is 998. The van der Waals surface area contributed by atoms with Crippen LogP contribution in [0.4, 0.5) is 4.39 Å². The van der Waals surface area contributed by atoms with E-state index in [9.17, 15) is 14.3 Å². The van der Waals surface area contributed by atoms with E-state index in [2.05, 4.69) is 18.7 Å². The van der Waals surface area contributed by atoms with Gasteiger partial charge in [-0.15, -0.1) is 0 Å². The largest absolute Gasteiger partial charge is 0.385 e. The zero-order chi connectivity index (χ0) is 25.1. The zero-order valence-electron chi connectivity index (χ0n) is 20.7. The third-order valence-electron chi connectivity index (χ3n) is 7.57. The molecule has 2 saturated heterocycles. The minimum Gasteiger partial charge on any atom is -0.385 e. The van der Waals surface area contributed by atoms with Crippen LogP contribution in [-0.2, 0) is 21.6 Å². The Morgan fingerprint density at radius 3 is 2.54 bits per heavy atom. The lowest BCUT2D eigenvalue weighted by Gasteiger charge is -2.50. The lowest BCUT2D eigenvalue weighted by Crippen LogP contribution is -2.55. The molecule has 190 valence electrons. The van der Waals surface area contributed by atoms with Gasteiger partial charge in [-0.1, -0.05) is 49.7 Å². The van der Waals surface area contributed by atoms with E-state index in [0.29, 0.717) is 57.1 Å². The lowest BCUT2D eigenvalue weighted by atomic mass is 9.66. The van der Waals surface area contributed by atoms with Gasteiger partial charge in [-0.05, 0) is 48.2 Å². The van der Waals surface area contributed by atoms with E-state index in [1.807, 2.05) is 29.2 Å². The number of carbonyl (C=O) groups excluding carboxylic acids is 1. The number of hydrogen-bond donors (Lipinski definition) is 1. The van der Waals surface area contributed by atoms with Gasteiger partial charge in [-0.3, -0.25) is 4.79 Å². The molecule has 35 heavy (non-hydrogen) atoms. The van der Waals surface area contributed by atoms with Crippen LogP contribution in [0.15, 0.2) is 48.5 Å². The summed E-state index contributed by atoms with van der Waals surface area (Å²) in [6.45, 7) is 8.14. The summed E-state index contributed by atoms with van der Waals surface area (Å²) in [5.41, 5.74) is 0.584. The normalized spacial score (nSPS) is 25.3. The topological polar surface area (TPSA) is 53.0 Å². The second-order valence-electron chi connectivity index (χ2n) is 10.5. The van der Waals surface area contributed by atoms with Crippen LogP contribution in [0.1, 0.15) is 44.2 Å². The number of likely N-dealkylation sites (tertiary alicyclic amines) is 1. The smallest absolute Gasteiger partial charge is 0.223 e. The van der Waals surface area contributed by atoms with Crippen molar-refractivity contribution < 1.29 is 19.0 Å². The monoisotopic (exact) mass is 502 g/mol. The van der Waals surface area contributed by atoms with Crippen molar-refractivity contribution in [2.24, 2.45) is 5.41 Å². The van der Waals surface area contributed by atoms with Crippen molar-refractivity contribution in [3.05, 3.63) is 70.5 Å². The van der Waals surface area contributed by atoms with Gasteiger partial charge in [0.1, 0.15) is 5.82 Å². The molecule has 2 aromatic carbocycles. The highest BCUT2D eigenvalue weighted by atomic mass is 35.5. The summed E-state index contributed by atoms with van der Waals surface area (Å²) in [6.07, 6.45) is 2.44. The van der Waals surface area contributed by atoms with Gasteiger partial charge in [0.15, 0.2) is 0 Å². The second kappa shape index (κ2) is 11.0. The van der Waals surface area contributed by atoms with E-state index >= 15 is 0 Å². The van der Waals surface area contributed by atoms with Crippen molar-refractivity contribution in [1.82, 2.24) is 9.80 Å². The van der Waals surface area contributed by atoms with Gasteiger partial charge < -0.3 is 19.6 Å². The molecule has 0 bridgehead atoms. The van der Waals surface area contributed by atoms with Crippen LogP contribution < -0.4 is 0 Å². The molecular formula is C28H36ClFN2O3. The molecule has 4 rings (SSSR count). The second-order valence-corrected chi connectivity index (χ2v) is 11.0. The number of hydrogen-bond acceptors (Lipinski definition) is 4. The number of nitrogens with zero attached hydrogens (tertiary/aromatic N) is 2. The summed E-state index contributed by atoms with van der Waals surface area (Å²) >= 11 is 6.04. The fraction of sp³-hybridized carbons (Fsp3) is 0.536. The van der Waals surface area contributed by atoms with E-state index in [0.717, 1.165) is 24.1 Å². The quantitative estimate of drug-likeness (QED) is 0.624. The van der Waals surface area contributed by atoms with Gasteiger partial charge in [0.05, 0.1) is 11.7 Å². The Morgan fingerprint density at radius 1 is 1.14 bits per heavy atom. The fourth-order valence-electron chi connectivity index (χ4n) is 5.42. The van der Waals surface area contributed by atoms with Gasteiger partial charge in [0.25, 0.3) is 0 Å². The lowest BCUT2D eigenvalue weighted by molar-refractivity contribution is -0.136. The van der Waals surface area contributed by atoms with Crippen LogP contribution in [0.2, 0.25) is 5.02 Å². The first-order chi connectivity index (χ1) is 16.7. The number of benzene rings is 2. The maximum Gasteiger partial charge on any atom is 0.223 e. The maximum atomic E-state index is 13.2. The van der Waals surface area contributed by atoms with Gasteiger partial charge in [-0.25, -0.2) is 4.39 Å². The van der Waals surface area contributed by atoms with Crippen LogP contribution in [0.5, 0.6) is 0 Å². The molecule has 2 aromatic rings. The highest BCUT2D eigenvalue weighted by molar-refractivity contribution is 6.30. The molecule has 1 unspecified atom stereocenters. The van der Waals surface area contributed by atoms with Crippen LogP contribution in [-0.4, -0.2) is 66.2 Å². The van der Waals surface area contributed by atoms with Gasteiger partial charge in [0.2, 0.25) is 5.91 Å². The summed E-state index contributed by atoms with van der Waals surface area (Å²) in [6, 6.07) is 13.9. The molecule has 7 heteroatoms. The Kier molecular flexibility index (Phi) is 8.16. The molecule has 0 aromatic heterocycles. The van der Waals surface area contributed by atoms with Crippen molar-refractivity contribution in [2.45, 2.75) is 51.2 Å². The number of amides is 1. The van der Waals surface area contributed by atoms with Gasteiger partial charge in [-0.2, -0.15) is 0 Å². The molecule has 2 aliphatic rings. The highest BCUT2D eigenvalue weighted by Gasteiger charge is 2.48. The third-order valence-corrected chi connectivity index (χ3v) is 7.82. The van der Waals surface area contributed by atoms with E-state index in [-0.39, 0.29) is 23.2 Å². The van der Waals surface area contributed by atoms with Gasteiger partial charge >= 0.3 is 0 Å². The molecule has 5 nitrogen and oxygen atoms in total. The van der Waals surface area contributed by atoms with Crippen molar-refractivity contribution in [2.75, 3.05) is 39.3 Å². The van der Waals surface area contributed by atoms with E-state index in [4.69, 9.17) is 16.3 Å². The van der Waals surface area contributed by atoms with Crippen molar-refractivity contribution in [1.29, 1.82) is 0 Å². The Labute approximate surface area is 212 Å². The third kappa shape index (κ3) is 6.23. The molecule has 0 spiro atoms. The van der Waals surface area contributed by atoms with Crippen LogP contribution in [0.3, 0.4) is 0 Å². The molecule has 0 saturated carbocycles. The summed E-state index contributed by atoms with van der Waals surface area (Å²) in [4.78, 5) is 17.3. The predicted molar refractivity (Wildman–Crippen MR) is 136 cm³/mol. The fourth-order valence-corrected chi connectivity index (χ4v) is 5.55. The molecule has 1 amide bonds. The van der Waals surface area contributed by atoms with Crippen molar-refractivity contribution in [3.63, 3.8) is 0 Å². The molecule has 2 heterocycles. The number of halogens is 2. The first-order valence-corrected chi connectivity index (χ1v) is 12.9. The Balaban J connectivity index is 1.31. The number of piperidine rings is 1. The Morgan fingerprint density at radius 2 is 1.86 bits per heavy atom. The van der Waals surface area contributed by atoms with Crippen molar-refractivity contribution >= 4 is 17.5 Å². The summed E-state index contributed by atoms with van der Waals surface area (Å²) in [5.74, 6) is -0.115. The predicted octanol–water partition coefficient (Wildman–Crippen LogP) is 4.65. The van der Waals surface area contributed by atoms with Crippen molar-refractivity contribution in [3.8, 4) is 0 Å². The molecule has 0 radical (unpaired) electrons. The SMILES string of the molecule is CC1(C)CN(CCC(=O)N2CCCOC(Cc3ccc(F)cc3)C2)CC[C@@]1(O)c1ccc(Cl)cc1. The molecule has 1 N–H and O–H groups in total. The first kappa shape index (κ1) is 26.1. The molecule has 2 atom stereocenters. The van der Waals surface area contributed by atoms with Gasteiger partial charge in [0, 0.05) is 62.6 Å². The number of carbonyl (C=O) groups is 1. The van der Waals surface area contributed by atoms with Crippen LogP contribution in [0, 0.1) is 11.2 Å². The standard InChI is InChI=1S/C28H36ClFN2O3/c1-27(2)20-31(16-13-28(27,34)22-6-8-23(29)9-7-22)15-12-26(33)32-14-3-17-35-25(19-32)18-21-4-10-24(30)11-5-21/h4-11,25,34H,3,12-20H2,1-2H3/t25?,28-/m1/s1. The zero-order valence-corrected chi connectivity index (χ0v) is 21.4. The van der Waals surface area contributed by atoms with E-state index < -0.39 is 5.60 Å².